The fraction of sp³-hybridized carbons (Fsp3) is 0.385. The number of methoxy groups -OCH3 is 1. The second-order valence-electron chi connectivity index (χ2n) is 8.49. The van der Waals surface area contributed by atoms with Gasteiger partial charge in [-0.3, -0.25) is 4.79 Å². The minimum Gasteiger partial charge on any atom is -0.497 e. The van der Waals surface area contributed by atoms with Crippen LogP contribution in [0.25, 0.3) is 16.9 Å². The summed E-state index contributed by atoms with van der Waals surface area (Å²) in [5.41, 5.74) is 1.84. The van der Waals surface area contributed by atoms with E-state index in [1.165, 1.54) is 25.3 Å². The number of carbonyl (C=O) groups excluding carboxylic acids is 1. The van der Waals surface area contributed by atoms with Crippen molar-refractivity contribution in [1.82, 2.24) is 20.0 Å². The second kappa shape index (κ2) is 10.6. The zero-order chi connectivity index (χ0) is 23.2. The van der Waals surface area contributed by atoms with Crippen molar-refractivity contribution in [3.63, 3.8) is 0 Å². The second-order valence-corrected chi connectivity index (χ2v) is 8.49. The molecular weight excluding hydrogens is 419 g/mol. The number of rotatable bonds is 8. The van der Waals surface area contributed by atoms with Gasteiger partial charge in [-0.2, -0.15) is 5.10 Å². The molecule has 1 aliphatic rings. The van der Waals surface area contributed by atoms with Crippen LogP contribution in [0.4, 0.5) is 4.39 Å². The van der Waals surface area contributed by atoms with E-state index in [-0.39, 0.29) is 11.7 Å². The van der Waals surface area contributed by atoms with E-state index in [2.05, 4.69) is 22.2 Å². The van der Waals surface area contributed by atoms with Crippen LogP contribution in [-0.4, -0.2) is 53.4 Å². The molecule has 6 nitrogen and oxygen atoms in total. The highest BCUT2D eigenvalue weighted by molar-refractivity contribution is 5.94. The maximum Gasteiger partial charge on any atom is 0.270 e. The number of hydrogen-bond donors (Lipinski definition) is 1. The minimum atomic E-state index is -0.375. The van der Waals surface area contributed by atoms with Gasteiger partial charge >= 0.3 is 0 Å². The number of carbonyl (C=O) groups is 1. The summed E-state index contributed by atoms with van der Waals surface area (Å²) < 4.78 is 21.2. The van der Waals surface area contributed by atoms with Gasteiger partial charge in [0.15, 0.2) is 0 Å². The Bertz CT molecular complexity index is 1080. The Kier molecular flexibility index (Phi) is 7.40. The van der Waals surface area contributed by atoms with Gasteiger partial charge in [-0.05, 0) is 75.2 Å². The van der Waals surface area contributed by atoms with Gasteiger partial charge in [-0.15, -0.1) is 0 Å². The maximum atomic E-state index is 14.4. The molecule has 1 aliphatic heterocycles. The molecule has 0 radical (unpaired) electrons. The summed E-state index contributed by atoms with van der Waals surface area (Å²) in [7, 11) is 1.60. The lowest BCUT2D eigenvalue weighted by molar-refractivity contribution is 0.0941. The summed E-state index contributed by atoms with van der Waals surface area (Å²) in [6.45, 7) is 4.95. The Hall–Kier alpha value is -3.19. The van der Waals surface area contributed by atoms with Crippen molar-refractivity contribution in [2.24, 2.45) is 0 Å². The zero-order valence-corrected chi connectivity index (χ0v) is 19.3. The Balaban J connectivity index is 1.52. The van der Waals surface area contributed by atoms with Crippen LogP contribution >= 0.6 is 0 Å². The number of aromatic nitrogens is 2. The normalized spacial score (nSPS) is 16.5. The molecule has 1 N–H and O–H groups in total. The van der Waals surface area contributed by atoms with Crippen molar-refractivity contribution < 1.29 is 13.9 Å². The Labute approximate surface area is 194 Å². The number of piperidine rings is 1. The molecule has 3 aromatic rings. The van der Waals surface area contributed by atoms with E-state index >= 15 is 0 Å². The fourth-order valence-corrected chi connectivity index (χ4v) is 4.33. The van der Waals surface area contributed by atoms with E-state index in [0.29, 0.717) is 41.0 Å². The van der Waals surface area contributed by atoms with Gasteiger partial charge in [0.25, 0.3) is 5.91 Å². The molecule has 0 saturated carbocycles. The molecule has 1 unspecified atom stereocenters. The van der Waals surface area contributed by atoms with Crippen LogP contribution in [0.3, 0.4) is 0 Å². The minimum absolute atomic E-state index is 0.229. The van der Waals surface area contributed by atoms with Crippen LogP contribution in [0, 0.1) is 5.82 Å². The van der Waals surface area contributed by atoms with Crippen molar-refractivity contribution in [2.45, 2.75) is 38.6 Å². The maximum absolute atomic E-state index is 14.4. The van der Waals surface area contributed by atoms with Crippen LogP contribution < -0.4 is 10.1 Å². The summed E-state index contributed by atoms with van der Waals surface area (Å²) in [5, 5.41) is 7.59. The molecule has 0 spiro atoms. The highest BCUT2D eigenvalue weighted by Gasteiger charge is 2.20. The van der Waals surface area contributed by atoms with E-state index in [0.717, 1.165) is 19.5 Å². The molecule has 1 aromatic heterocycles. The van der Waals surface area contributed by atoms with Gasteiger partial charge in [-0.25, -0.2) is 9.07 Å². The van der Waals surface area contributed by atoms with E-state index in [1.807, 2.05) is 12.1 Å². The van der Waals surface area contributed by atoms with Gasteiger partial charge in [0.2, 0.25) is 0 Å². The Morgan fingerprint density at radius 2 is 1.97 bits per heavy atom. The lowest BCUT2D eigenvalue weighted by atomic mass is 10.0. The third kappa shape index (κ3) is 5.42. The highest BCUT2D eigenvalue weighted by Crippen LogP contribution is 2.25. The molecule has 0 aliphatic carbocycles. The molecule has 1 saturated heterocycles. The summed E-state index contributed by atoms with van der Waals surface area (Å²) in [4.78, 5) is 15.6. The first-order chi connectivity index (χ1) is 16.1. The number of hydrogen-bond acceptors (Lipinski definition) is 4. The molecule has 33 heavy (non-hydrogen) atoms. The first kappa shape index (κ1) is 23.0. The van der Waals surface area contributed by atoms with E-state index < -0.39 is 0 Å². The number of likely N-dealkylation sites (tertiary alicyclic amines) is 1. The largest absolute Gasteiger partial charge is 0.497 e. The van der Waals surface area contributed by atoms with Crippen LogP contribution in [0.2, 0.25) is 0 Å². The molecule has 0 bridgehead atoms. The molecule has 2 aromatic carbocycles. The average molecular weight is 451 g/mol. The first-order valence-electron chi connectivity index (χ1n) is 11.6. The van der Waals surface area contributed by atoms with Crippen molar-refractivity contribution in [1.29, 1.82) is 0 Å². The summed E-state index contributed by atoms with van der Waals surface area (Å²) in [6, 6.07) is 16.0. The van der Waals surface area contributed by atoms with Crippen LogP contribution in [0.1, 0.15) is 43.1 Å². The predicted octanol–water partition coefficient (Wildman–Crippen LogP) is 4.68. The van der Waals surface area contributed by atoms with Gasteiger partial charge in [-0.1, -0.05) is 18.6 Å². The Morgan fingerprint density at radius 3 is 2.70 bits per heavy atom. The molecular formula is C26H31FN4O2. The number of nitrogens with one attached hydrogen (secondary N) is 1. The molecule has 4 rings (SSSR count). The average Bonchev–Trinajstić information content (AvgIpc) is 3.28. The molecule has 1 atom stereocenters. The number of benzene rings is 2. The van der Waals surface area contributed by atoms with Crippen molar-refractivity contribution in [3.05, 3.63) is 66.1 Å². The topological polar surface area (TPSA) is 59.4 Å². The number of ether oxygens (including phenoxy) is 1. The predicted molar refractivity (Wildman–Crippen MR) is 127 cm³/mol. The third-order valence-electron chi connectivity index (χ3n) is 6.26. The van der Waals surface area contributed by atoms with E-state index in [9.17, 15) is 9.18 Å². The first-order valence-corrected chi connectivity index (χ1v) is 11.6. The number of halogens is 1. The highest BCUT2D eigenvalue weighted by atomic mass is 19.1. The van der Waals surface area contributed by atoms with Crippen LogP contribution in [0.5, 0.6) is 5.75 Å². The number of amides is 1. The Morgan fingerprint density at radius 1 is 1.18 bits per heavy atom. The van der Waals surface area contributed by atoms with Gasteiger partial charge in [0.05, 0.1) is 18.5 Å². The molecule has 2 heterocycles. The van der Waals surface area contributed by atoms with Crippen molar-refractivity contribution in [3.8, 4) is 22.7 Å². The van der Waals surface area contributed by atoms with Crippen LogP contribution in [-0.2, 0) is 0 Å². The summed E-state index contributed by atoms with van der Waals surface area (Å²) in [6.07, 6.45) is 4.67. The molecule has 1 fully saturated rings. The summed E-state index contributed by atoms with van der Waals surface area (Å²) in [5.74, 6) is 0.102. The zero-order valence-electron chi connectivity index (χ0n) is 19.3. The molecule has 7 heteroatoms. The monoisotopic (exact) mass is 450 g/mol. The standard InChI is InChI=1S/C26H31FN4O2/c1-19-8-5-6-16-30(19)17-7-15-28-26(32)25-18-24(22-9-3-4-10-23(22)27)29-31(25)20-11-13-21(33-2)14-12-20/h3-4,9-14,18-19H,5-8,15-17H2,1-2H3,(H,28,32). The quantitative estimate of drug-likeness (QED) is 0.506. The molecule has 1 amide bonds. The van der Waals surface area contributed by atoms with Crippen LogP contribution in [0.15, 0.2) is 54.6 Å². The molecule has 174 valence electrons. The smallest absolute Gasteiger partial charge is 0.270 e. The van der Waals surface area contributed by atoms with Gasteiger partial charge < -0.3 is 15.0 Å². The lowest BCUT2D eigenvalue weighted by Crippen LogP contribution is -2.39. The summed E-state index contributed by atoms with van der Waals surface area (Å²) >= 11 is 0. The van der Waals surface area contributed by atoms with Crippen molar-refractivity contribution in [2.75, 3.05) is 26.7 Å². The third-order valence-corrected chi connectivity index (χ3v) is 6.26. The fourth-order valence-electron chi connectivity index (χ4n) is 4.33. The van der Waals surface area contributed by atoms with Crippen molar-refractivity contribution >= 4 is 5.91 Å². The van der Waals surface area contributed by atoms with Gasteiger partial charge in [0.1, 0.15) is 17.3 Å². The SMILES string of the molecule is COc1ccc(-n2nc(-c3ccccc3F)cc2C(=O)NCCCN2CCCCC2C)cc1. The number of nitrogens with zero attached hydrogens (tertiary/aromatic N) is 3. The van der Waals surface area contributed by atoms with E-state index in [1.54, 1.807) is 48.2 Å². The van der Waals surface area contributed by atoms with E-state index in [4.69, 9.17) is 4.74 Å². The lowest BCUT2D eigenvalue weighted by Gasteiger charge is -2.33. The van der Waals surface area contributed by atoms with Gasteiger partial charge in [0, 0.05) is 24.7 Å².